The van der Waals surface area contributed by atoms with Crippen molar-refractivity contribution in [3.63, 3.8) is 0 Å². The van der Waals surface area contributed by atoms with Gasteiger partial charge in [-0.25, -0.2) is 0 Å². The molecule has 0 aromatic heterocycles. The van der Waals surface area contributed by atoms with Crippen LogP contribution >= 0.6 is 7.92 Å². The highest BCUT2D eigenvalue weighted by atomic mass is 31.1. The Morgan fingerprint density at radius 1 is 1.44 bits per heavy atom. The summed E-state index contributed by atoms with van der Waals surface area (Å²) in [6.45, 7) is 14.0. The van der Waals surface area contributed by atoms with Crippen molar-refractivity contribution < 1.29 is 4.79 Å². The Kier molecular flexibility index (Phi) is 4.22. The van der Waals surface area contributed by atoms with Crippen LogP contribution in [0, 0.1) is 0 Å². The molecule has 0 aliphatic carbocycles. The van der Waals surface area contributed by atoms with Gasteiger partial charge in [0.25, 0.3) is 0 Å². The van der Waals surface area contributed by atoms with Crippen molar-refractivity contribution in [1.82, 2.24) is 0 Å². The van der Waals surface area contributed by atoms with Crippen LogP contribution in [0.3, 0.4) is 0 Å². The average molecular weight is 242 g/mol. The van der Waals surface area contributed by atoms with Gasteiger partial charge in [-0.05, 0) is 22.4 Å². The predicted molar refractivity (Wildman–Crippen MR) is 73.7 cm³/mol. The van der Waals surface area contributed by atoms with Crippen molar-refractivity contribution in [1.29, 1.82) is 0 Å². The lowest BCUT2D eigenvalue weighted by Gasteiger charge is -2.51. The second-order valence-electron chi connectivity index (χ2n) is 6.56. The molecule has 0 spiro atoms. The van der Waals surface area contributed by atoms with Crippen LogP contribution in [0.5, 0.6) is 0 Å². The summed E-state index contributed by atoms with van der Waals surface area (Å²) < 4.78 is 0. The molecular weight excluding hydrogens is 215 g/mol. The summed E-state index contributed by atoms with van der Waals surface area (Å²) in [5, 5.41) is 0.663. The van der Waals surface area contributed by atoms with E-state index < -0.39 is 0 Å². The maximum atomic E-state index is 11.8. The average Bonchev–Trinajstić information content (AvgIpc) is 1.97. The van der Waals surface area contributed by atoms with Gasteiger partial charge in [-0.15, -0.1) is 0 Å². The summed E-state index contributed by atoms with van der Waals surface area (Å²) >= 11 is 0. The van der Waals surface area contributed by atoms with E-state index in [1.165, 1.54) is 12.8 Å². The van der Waals surface area contributed by atoms with Crippen LogP contribution < -0.4 is 0 Å². The summed E-state index contributed by atoms with van der Waals surface area (Å²) in [6.07, 6.45) is 4.06. The molecule has 0 bridgehead atoms. The predicted octanol–water partition coefficient (Wildman–Crippen LogP) is 4.58. The smallest absolute Gasteiger partial charge is 0.134 e. The second kappa shape index (κ2) is 4.77. The standard InChI is InChI=1S/C14H27OP/c1-7-8-14(6)10-12(15)9-11(2)16(14)13(3,4)5/h11H,7-10H2,1-6H3. The molecule has 0 aromatic carbocycles. The van der Waals surface area contributed by atoms with Crippen LogP contribution in [-0.4, -0.2) is 21.8 Å². The molecule has 0 saturated carbocycles. The fourth-order valence-corrected chi connectivity index (χ4v) is 8.96. The first kappa shape index (κ1) is 14.2. The van der Waals surface area contributed by atoms with Gasteiger partial charge in [0, 0.05) is 12.8 Å². The minimum atomic E-state index is -0.0728. The number of carbonyl (C=O) groups is 1. The van der Waals surface area contributed by atoms with E-state index in [-0.39, 0.29) is 13.1 Å². The van der Waals surface area contributed by atoms with E-state index >= 15 is 0 Å². The van der Waals surface area contributed by atoms with Crippen molar-refractivity contribution in [2.24, 2.45) is 0 Å². The lowest BCUT2D eigenvalue weighted by Crippen LogP contribution is -2.41. The Morgan fingerprint density at radius 3 is 2.44 bits per heavy atom. The number of Topliss-reactive ketones (excluding diaryl/α,β-unsaturated/α-hetero) is 1. The van der Waals surface area contributed by atoms with Gasteiger partial charge in [0.2, 0.25) is 0 Å². The fraction of sp³-hybridized carbons (Fsp3) is 0.929. The van der Waals surface area contributed by atoms with E-state index in [2.05, 4.69) is 41.5 Å². The topological polar surface area (TPSA) is 17.1 Å². The van der Waals surface area contributed by atoms with Gasteiger partial charge >= 0.3 is 0 Å². The van der Waals surface area contributed by atoms with Crippen molar-refractivity contribution in [3.05, 3.63) is 0 Å². The lowest BCUT2D eigenvalue weighted by molar-refractivity contribution is -0.120. The molecule has 1 saturated heterocycles. The molecule has 1 aliphatic rings. The van der Waals surface area contributed by atoms with Gasteiger partial charge in [-0.3, -0.25) is 4.79 Å². The first-order valence-electron chi connectivity index (χ1n) is 6.52. The normalized spacial score (nSPS) is 36.5. The van der Waals surface area contributed by atoms with Crippen molar-refractivity contribution in [2.45, 2.75) is 83.2 Å². The van der Waals surface area contributed by atoms with Gasteiger partial charge < -0.3 is 0 Å². The zero-order valence-corrected chi connectivity index (χ0v) is 12.7. The largest absolute Gasteiger partial charge is 0.300 e. The Labute approximate surface area is 102 Å². The molecule has 1 aliphatic heterocycles. The highest BCUT2D eigenvalue weighted by molar-refractivity contribution is 7.61. The molecule has 1 nitrogen and oxygen atoms in total. The Hall–Kier alpha value is 0.100. The van der Waals surface area contributed by atoms with E-state index in [9.17, 15) is 4.79 Å². The second-order valence-corrected chi connectivity index (χ2v) is 10.6. The first-order chi connectivity index (χ1) is 7.20. The Bertz CT molecular complexity index is 266. The number of hydrogen-bond donors (Lipinski definition) is 0. The highest BCUT2D eigenvalue weighted by Gasteiger charge is 2.47. The number of hydrogen-bond acceptors (Lipinski definition) is 1. The maximum absolute atomic E-state index is 11.8. The third-order valence-electron chi connectivity index (χ3n) is 3.63. The van der Waals surface area contributed by atoms with E-state index in [1.807, 2.05) is 0 Å². The Balaban J connectivity index is 3.03. The van der Waals surface area contributed by atoms with E-state index in [1.54, 1.807) is 0 Å². The molecule has 0 aromatic rings. The molecule has 0 N–H and O–H groups in total. The molecule has 1 rings (SSSR count). The number of rotatable bonds is 2. The number of carbonyl (C=O) groups excluding carboxylic acids is 1. The summed E-state index contributed by atoms with van der Waals surface area (Å²) in [7, 11) is -0.0728. The molecule has 2 heteroatoms. The monoisotopic (exact) mass is 242 g/mol. The van der Waals surface area contributed by atoms with Gasteiger partial charge in [-0.1, -0.05) is 55.9 Å². The van der Waals surface area contributed by atoms with Gasteiger partial charge in [0.15, 0.2) is 0 Å². The van der Waals surface area contributed by atoms with Gasteiger partial charge in [-0.2, -0.15) is 0 Å². The summed E-state index contributed by atoms with van der Waals surface area (Å²) in [4.78, 5) is 11.8. The zero-order valence-electron chi connectivity index (χ0n) is 11.8. The quantitative estimate of drug-likeness (QED) is 0.648. The van der Waals surface area contributed by atoms with E-state index in [4.69, 9.17) is 0 Å². The van der Waals surface area contributed by atoms with Crippen molar-refractivity contribution in [2.75, 3.05) is 0 Å². The summed E-state index contributed by atoms with van der Waals surface area (Å²) in [5.41, 5.74) is 0.604. The van der Waals surface area contributed by atoms with Crippen LogP contribution in [0.2, 0.25) is 0 Å². The molecule has 16 heavy (non-hydrogen) atoms. The van der Waals surface area contributed by atoms with Crippen LogP contribution in [-0.2, 0) is 4.79 Å². The molecule has 0 radical (unpaired) electrons. The lowest BCUT2D eigenvalue weighted by atomic mass is 9.95. The van der Waals surface area contributed by atoms with E-state index in [0.717, 1.165) is 12.8 Å². The third kappa shape index (κ3) is 2.86. The molecule has 3 atom stereocenters. The maximum Gasteiger partial charge on any atom is 0.134 e. The third-order valence-corrected chi connectivity index (χ3v) is 7.69. The van der Waals surface area contributed by atoms with Crippen molar-refractivity contribution >= 4 is 13.7 Å². The molecule has 1 heterocycles. The molecule has 3 unspecified atom stereocenters. The molecular formula is C14H27OP. The molecule has 94 valence electrons. The SMILES string of the molecule is CCCC1(C)CC(=O)CC(C)P1C(C)(C)C. The molecule has 1 fully saturated rings. The zero-order chi connectivity index (χ0) is 12.6. The summed E-state index contributed by atoms with van der Waals surface area (Å²) in [6, 6.07) is 0. The number of ketones is 1. The highest BCUT2D eigenvalue weighted by Crippen LogP contribution is 2.68. The Morgan fingerprint density at radius 2 is 2.00 bits per heavy atom. The summed E-state index contributed by atoms with van der Waals surface area (Å²) in [5.74, 6) is 0.492. The van der Waals surface area contributed by atoms with Gasteiger partial charge in [0.1, 0.15) is 5.78 Å². The van der Waals surface area contributed by atoms with Crippen LogP contribution in [0.15, 0.2) is 0 Å². The van der Waals surface area contributed by atoms with Crippen LogP contribution in [0.25, 0.3) is 0 Å². The van der Waals surface area contributed by atoms with Crippen LogP contribution in [0.1, 0.15) is 67.2 Å². The van der Waals surface area contributed by atoms with E-state index in [0.29, 0.717) is 16.6 Å². The fourth-order valence-electron chi connectivity index (χ4n) is 3.75. The van der Waals surface area contributed by atoms with Crippen LogP contribution in [0.4, 0.5) is 0 Å². The van der Waals surface area contributed by atoms with Crippen molar-refractivity contribution in [3.8, 4) is 0 Å². The first-order valence-corrected chi connectivity index (χ1v) is 7.93. The minimum Gasteiger partial charge on any atom is -0.300 e. The molecule has 0 amide bonds. The minimum absolute atomic E-state index is 0.0728. The van der Waals surface area contributed by atoms with Gasteiger partial charge in [0.05, 0.1) is 0 Å².